The highest BCUT2D eigenvalue weighted by atomic mass is 16.5. The second-order valence-corrected chi connectivity index (χ2v) is 4.84. The third kappa shape index (κ3) is 2.70. The molecule has 2 heterocycles. The van der Waals surface area contributed by atoms with Crippen LogP contribution in [-0.2, 0) is 9.53 Å². The Hall–Kier alpha value is -2.20. The number of pyridine rings is 1. The highest BCUT2D eigenvalue weighted by molar-refractivity contribution is 5.96. The van der Waals surface area contributed by atoms with E-state index in [-0.39, 0.29) is 11.8 Å². The van der Waals surface area contributed by atoms with Crippen LogP contribution < -0.4 is 5.32 Å². The Labute approximate surface area is 117 Å². The van der Waals surface area contributed by atoms with Crippen LogP contribution in [-0.4, -0.2) is 24.1 Å². The van der Waals surface area contributed by atoms with Gasteiger partial charge < -0.3 is 10.1 Å². The normalized spacial score (nSPS) is 17.9. The minimum Gasteiger partial charge on any atom is -0.381 e. The van der Waals surface area contributed by atoms with E-state index in [0.29, 0.717) is 13.2 Å². The highest BCUT2D eigenvalue weighted by Gasteiger charge is 2.24. The van der Waals surface area contributed by atoms with E-state index < -0.39 is 0 Å². The van der Waals surface area contributed by atoms with Crippen LogP contribution in [0.2, 0.25) is 0 Å². The lowest BCUT2D eigenvalue weighted by Crippen LogP contribution is -2.23. The molecular formula is C16H16N2O2. The minimum atomic E-state index is -0.0566. The molecule has 0 spiro atoms. The average molecular weight is 268 g/mol. The van der Waals surface area contributed by atoms with Crippen molar-refractivity contribution in [3.05, 3.63) is 48.8 Å². The molecular weight excluding hydrogens is 252 g/mol. The van der Waals surface area contributed by atoms with Crippen LogP contribution >= 0.6 is 0 Å². The van der Waals surface area contributed by atoms with Crippen LogP contribution in [0.5, 0.6) is 0 Å². The van der Waals surface area contributed by atoms with Crippen LogP contribution in [0.3, 0.4) is 0 Å². The number of hydrogen-bond acceptors (Lipinski definition) is 3. The molecule has 1 aliphatic heterocycles. The van der Waals surface area contributed by atoms with Gasteiger partial charge in [0.25, 0.3) is 0 Å². The molecule has 2 aromatic rings. The molecule has 4 heteroatoms. The quantitative estimate of drug-likeness (QED) is 0.931. The number of carbonyl (C=O) groups excluding carboxylic acids is 1. The second-order valence-electron chi connectivity index (χ2n) is 4.84. The Kier molecular flexibility index (Phi) is 3.74. The molecule has 4 nitrogen and oxygen atoms in total. The standard InChI is InChI=1S/C16H16N2O2/c19-16(13-7-9-20-11-13)18-15-10-17-8-6-14(15)12-4-2-1-3-5-12/h1-6,8,10,13H,7,9,11H2,(H,18,19)/t13-/m1/s1. The molecule has 0 bridgehead atoms. The Morgan fingerprint density at radius 3 is 2.85 bits per heavy atom. The Balaban J connectivity index is 1.85. The number of nitrogens with one attached hydrogen (secondary N) is 1. The summed E-state index contributed by atoms with van der Waals surface area (Å²) in [6.07, 6.45) is 4.21. The van der Waals surface area contributed by atoms with Crippen molar-refractivity contribution in [1.82, 2.24) is 4.98 Å². The van der Waals surface area contributed by atoms with Gasteiger partial charge in [0.2, 0.25) is 5.91 Å². The predicted octanol–water partition coefficient (Wildman–Crippen LogP) is 2.72. The fourth-order valence-electron chi connectivity index (χ4n) is 2.34. The van der Waals surface area contributed by atoms with Crippen LogP contribution in [0.4, 0.5) is 5.69 Å². The minimum absolute atomic E-state index is 0.00711. The molecule has 1 saturated heterocycles. The molecule has 0 aliphatic carbocycles. The Morgan fingerprint density at radius 2 is 2.10 bits per heavy atom. The molecule has 1 aromatic heterocycles. The lowest BCUT2D eigenvalue weighted by molar-refractivity contribution is -0.119. The molecule has 102 valence electrons. The van der Waals surface area contributed by atoms with E-state index in [1.807, 2.05) is 36.4 Å². The van der Waals surface area contributed by atoms with Gasteiger partial charge in [-0.3, -0.25) is 9.78 Å². The van der Waals surface area contributed by atoms with Crippen molar-refractivity contribution < 1.29 is 9.53 Å². The van der Waals surface area contributed by atoms with Crippen molar-refractivity contribution in [3.63, 3.8) is 0 Å². The van der Waals surface area contributed by atoms with Crippen molar-refractivity contribution in [3.8, 4) is 11.1 Å². The van der Waals surface area contributed by atoms with E-state index in [0.717, 1.165) is 23.2 Å². The van der Waals surface area contributed by atoms with Gasteiger partial charge in [0, 0.05) is 18.4 Å². The second kappa shape index (κ2) is 5.84. The number of ether oxygens (including phenoxy) is 1. The van der Waals surface area contributed by atoms with Gasteiger partial charge >= 0.3 is 0 Å². The van der Waals surface area contributed by atoms with E-state index in [2.05, 4.69) is 10.3 Å². The van der Waals surface area contributed by atoms with Crippen molar-refractivity contribution in [2.45, 2.75) is 6.42 Å². The zero-order chi connectivity index (χ0) is 13.8. The largest absolute Gasteiger partial charge is 0.381 e. The van der Waals surface area contributed by atoms with Crippen LogP contribution in [0.1, 0.15) is 6.42 Å². The molecule has 3 rings (SSSR count). The maximum absolute atomic E-state index is 12.2. The highest BCUT2D eigenvalue weighted by Crippen LogP contribution is 2.27. The first-order valence-electron chi connectivity index (χ1n) is 6.72. The first-order chi connectivity index (χ1) is 9.84. The third-order valence-electron chi connectivity index (χ3n) is 3.46. The summed E-state index contributed by atoms with van der Waals surface area (Å²) in [6, 6.07) is 11.9. The van der Waals surface area contributed by atoms with E-state index in [1.165, 1.54) is 0 Å². The topological polar surface area (TPSA) is 51.2 Å². The summed E-state index contributed by atoms with van der Waals surface area (Å²) in [7, 11) is 0. The lowest BCUT2D eigenvalue weighted by atomic mass is 10.0. The van der Waals surface area contributed by atoms with E-state index in [9.17, 15) is 4.79 Å². The number of benzene rings is 1. The maximum Gasteiger partial charge on any atom is 0.229 e. The Bertz CT molecular complexity index is 592. The fourth-order valence-corrected chi connectivity index (χ4v) is 2.34. The van der Waals surface area contributed by atoms with Gasteiger partial charge in [-0.25, -0.2) is 0 Å². The molecule has 0 saturated carbocycles. The van der Waals surface area contributed by atoms with Gasteiger partial charge in [-0.15, -0.1) is 0 Å². The van der Waals surface area contributed by atoms with Gasteiger partial charge in [-0.2, -0.15) is 0 Å². The van der Waals surface area contributed by atoms with Gasteiger partial charge in [0.15, 0.2) is 0 Å². The summed E-state index contributed by atoms with van der Waals surface area (Å²) in [6.45, 7) is 1.17. The number of rotatable bonds is 3. The van der Waals surface area contributed by atoms with Crippen LogP contribution in [0.25, 0.3) is 11.1 Å². The molecule has 20 heavy (non-hydrogen) atoms. The SMILES string of the molecule is O=C(Nc1cnccc1-c1ccccc1)[C@@H]1CCOC1. The molecule has 1 aromatic carbocycles. The summed E-state index contributed by atoms with van der Waals surface area (Å²) in [5.41, 5.74) is 2.79. The number of hydrogen-bond donors (Lipinski definition) is 1. The van der Waals surface area contributed by atoms with E-state index in [1.54, 1.807) is 12.4 Å². The first kappa shape index (κ1) is 12.8. The van der Waals surface area contributed by atoms with Gasteiger partial charge in [-0.05, 0) is 18.1 Å². The van der Waals surface area contributed by atoms with Crippen molar-refractivity contribution in [2.24, 2.45) is 5.92 Å². The molecule has 1 atom stereocenters. The molecule has 0 unspecified atom stereocenters. The summed E-state index contributed by atoms with van der Waals surface area (Å²) >= 11 is 0. The van der Waals surface area contributed by atoms with Crippen LogP contribution in [0, 0.1) is 5.92 Å². The molecule has 0 radical (unpaired) electrons. The predicted molar refractivity (Wildman–Crippen MR) is 77.2 cm³/mol. The zero-order valence-electron chi connectivity index (χ0n) is 11.1. The summed E-state index contributed by atoms with van der Waals surface area (Å²) in [5, 5.41) is 2.97. The number of carbonyl (C=O) groups is 1. The van der Waals surface area contributed by atoms with Gasteiger partial charge in [0.1, 0.15) is 0 Å². The molecule has 1 aliphatic rings. The molecule has 1 fully saturated rings. The fraction of sp³-hybridized carbons (Fsp3) is 0.250. The number of amides is 1. The lowest BCUT2D eigenvalue weighted by Gasteiger charge is -2.13. The average Bonchev–Trinajstić information content (AvgIpc) is 3.03. The Morgan fingerprint density at radius 1 is 1.25 bits per heavy atom. The van der Waals surface area contributed by atoms with Crippen molar-refractivity contribution in [2.75, 3.05) is 18.5 Å². The van der Waals surface area contributed by atoms with Crippen molar-refractivity contribution in [1.29, 1.82) is 0 Å². The zero-order valence-corrected chi connectivity index (χ0v) is 11.1. The molecule has 1 N–H and O–H groups in total. The number of aromatic nitrogens is 1. The molecule has 1 amide bonds. The monoisotopic (exact) mass is 268 g/mol. The van der Waals surface area contributed by atoms with E-state index in [4.69, 9.17) is 4.74 Å². The van der Waals surface area contributed by atoms with Gasteiger partial charge in [-0.1, -0.05) is 30.3 Å². The van der Waals surface area contributed by atoms with Crippen molar-refractivity contribution >= 4 is 11.6 Å². The summed E-state index contributed by atoms with van der Waals surface area (Å²) in [4.78, 5) is 16.3. The smallest absolute Gasteiger partial charge is 0.229 e. The summed E-state index contributed by atoms with van der Waals surface area (Å²) in [5.74, 6) is -0.0495. The number of anilines is 1. The first-order valence-corrected chi connectivity index (χ1v) is 6.72. The third-order valence-corrected chi connectivity index (χ3v) is 3.46. The maximum atomic E-state index is 12.2. The van der Waals surface area contributed by atoms with Crippen LogP contribution in [0.15, 0.2) is 48.8 Å². The summed E-state index contributed by atoms with van der Waals surface area (Å²) < 4.78 is 5.25. The van der Waals surface area contributed by atoms with Gasteiger partial charge in [0.05, 0.1) is 24.4 Å². The number of nitrogens with zero attached hydrogens (tertiary/aromatic N) is 1. The van der Waals surface area contributed by atoms with E-state index >= 15 is 0 Å².